The van der Waals surface area contributed by atoms with Crippen LogP contribution >= 0.6 is 11.6 Å². The van der Waals surface area contributed by atoms with Gasteiger partial charge in [0, 0.05) is 5.02 Å². The predicted molar refractivity (Wildman–Crippen MR) is 92.3 cm³/mol. The van der Waals surface area contributed by atoms with E-state index in [2.05, 4.69) is 15.3 Å². The van der Waals surface area contributed by atoms with Gasteiger partial charge in [0.15, 0.2) is 0 Å². The Morgan fingerprint density at radius 3 is 2.48 bits per heavy atom. The van der Waals surface area contributed by atoms with Gasteiger partial charge in [0.05, 0.1) is 25.0 Å². The zero-order chi connectivity index (χ0) is 21.8. The number of halogens is 2. The molecule has 1 aliphatic rings. The molecule has 1 aromatic carbocycles. The maximum atomic E-state index is 13.6. The topological polar surface area (TPSA) is 168 Å². The summed E-state index contributed by atoms with van der Waals surface area (Å²) in [6, 6.07) is 3.28. The molecule has 2 rings (SSSR count). The first kappa shape index (κ1) is 22.1. The second-order valence-corrected chi connectivity index (χ2v) is 6.20. The number of carboxylic acid groups (broad SMARTS) is 2. The summed E-state index contributed by atoms with van der Waals surface area (Å²) in [5, 5.41) is 22.6. The third-order valence-corrected chi connectivity index (χ3v) is 3.96. The van der Waals surface area contributed by atoms with E-state index >= 15 is 0 Å². The van der Waals surface area contributed by atoms with Crippen molar-refractivity contribution in [1.82, 2.24) is 10.6 Å². The van der Waals surface area contributed by atoms with E-state index in [0.29, 0.717) is 0 Å². The van der Waals surface area contributed by atoms with E-state index in [0.717, 1.165) is 12.1 Å². The van der Waals surface area contributed by atoms with Crippen LogP contribution in [0.2, 0.25) is 5.02 Å². The molecule has 0 aliphatic carbocycles. The van der Waals surface area contributed by atoms with Crippen molar-refractivity contribution in [3.8, 4) is 0 Å². The first-order chi connectivity index (χ1) is 13.5. The second-order valence-electron chi connectivity index (χ2n) is 5.76. The van der Waals surface area contributed by atoms with Crippen LogP contribution in [0.4, 0.5) is 4.39 Å². The molecule has 11 nitrogen and oxygen atoms in total. The Bertz CT molecular complexity index is 867. The van der Waals surface area contributed by atoms with Crippen LogP contribution in [0.25, 0.3) is 0 Å². The van der Waals surface area contributed by atoms with Crippen molar-refractivity contribution in [2.75, 3.05) is 13.0 Å². The molecule has 154 valence electrons. The summed E-state index contributed by atoms with van der Waals surface area (Å²) in [4.78, 5) is 57.7. The van der Waals surface area contributed by atoms with Crippen LogP contribution < -0.4 is 10.6 Å². The molecule has 2 amide bonds. The molecule has 0 atom stereocenters. The average Bonchev–Trinajstić information content (AvgIpc) is 2.65. The molecule has 0 radical (unpaired) electrons. The normalized spacial score (nSPS) is 15.2. The lowest BCUT2D eigenvalue weighted by atomic mass is 9.83. The smallest absolute Gasteiger partial charge is 0.508 e. The minimum absolute atomic E-state index is 0.109. The quantitative estimate of drug-likeness (QED) is 0.320. The first-order valence-corrected chi connectivity index (χ1v) is 8.27. The van der Waals surface area contributed by atoms with Crippen LogP contribution in [0.5, 0.6) is 0 Å². The Labute approximate surface area is 167 Å². The summed E-state index contributed by atoms with van der Waals surface area (Å²) < 4.78 is 23.1. The largest absolute Gasteiger partial charge is 0.549 e. The lowest BCUT2D eigenvalue weighted by Gasteiger charge is -2.32. The highest BCUT2D eigenvalue weighted by atomic mass is 35.5. The molecule has 29 heavy (non-hydrogen) atoms. The van der Waals surface area contributed by atoms with Gasteiger partial charge in [-0.2, -0.15) is 0 Å². The van der Waals surface area contributed by atoms with E-state index < -0.39 is 67.7 Å². The van der Waals surface area contributed by atoms with Crippen molar-refractivity contribution in [3.05, 3.63) is 34.6 Å². The molecular weight excluding hydrogens is 417 g/mol. The molecule has 0 unspecified atom stereocenters. The molecule has 0 aromatic heterocycles. The van der Waals surface area contributed by atoms with Crippen molar-refractivity contribution in [1.29, 1.82) is 0 Å². The second kappa shape index (κ2) is 8.88. The zero-order valence-corrected chi connectivity index (χ0v) is 15.2. The number of nitrogens with one attached hydrogen (secondary N) is 2. The molecule has 0 saturated carbocycles. The van der Waals surface area contributed by atoms with Gasteiger partial charge in [0.2, 0.25) is 5.91 Å². The number of benzene rings is 1. The molecule has 1 fully saturated rings. The van der Waals surface area contributed by atoms with Crippen molar-refractivity contribution in [2.45, 2.75) is 12.0 Å². The molecule has 0 bridgehead atoms. The number of carbonyl (C=O) groups is 5. The Morgan fingerprint density at radius 1 is 1.21 bits per heavy atom. The summed E-state index contributed by atoms with van der Waals surface area (Å²) in [5.41, 5.74) is -3.23. The number of carboxylic acids is 2. The van der Waals surface area contributed by atoms with Crippen LogP contribution in [-0.4, -0.2) is 65.6 Å². The number of amides is 2. The van der Waals surface area contributed by atoms with Gasteiger partial charge >= 0.3 is 19.1 Å². The molecule has 14 heteroatoms. The number of rotatable bonds is 7. The Balaban J connectivity index is 1.91. The molecule has 1 saturated heterocycles. The van der Waals surface area contributed by atoms with Crippen molar-refractivity contribution >= 4 is 48.4 Å². The highest BCUT2D eigenvalue weighted by Gasteiger charge is 2.56. The maximum absolute atomic E-state index is 13.6. The summed E-state index contributed by atoms with van der Waals surface area (Å²) >= 11 is 5.67. The average molecular weight is 431 g/mol. The number of aliphatic carboxylic acids is 2. The van der Waals surface area contributed by atoms with E-state index in [1.54, 1.807) is 0 Å². The lowest BCUT2D eigenvalue weighted by molar-refractivity contribution is -0.184. The maximum Gasteiger partial charge on any atom is 0.549 e. The summed E-state index contributed by atoms with van der Waals surface area (Å²) in [7, 11) is -1.69. The first-order valence-electron chi connectivity index (χ1n) is 7.89. The Hall–Kier alpha value is -3.19. The van der Waals surface area contributed by atoms with Gasteiger partial charge in [0.25, 0.3) is 17.5 Å². The third-order valence-electron chi connectivity index (χ3n) is 3.73. The minimum atomic E-state index is -2.84. The van der Waals surface area contributed by atoms with Gasteiger partial charge in [-0.05, 0) is 18.2 Å². The Kier molecular flexibility index (Phi) is 6.77. The van der Waals surface area contributed by atoms with Gasteiger partial charge < -0.3 is 30.2 Å². The van der Waals surface area contributed by atoms with Gasteiger partial charge in [0.1, 0.15) is 5.82 Å². The van der Waals surface area contributed by atoms with Crippen LogP contribution in [0.1, 0.15) is 16.8 Å². The van der Waals surface area contributed by atoms with Crippen LogP contribution in [0, 0.1) is 5.82 Å². The Morgan fingerprint density at radius 2 is 1.86 bits per heavy atom. The van der Waals surface area contributed by atoms with Gasteiger partial charge in [-0.3, -0.25) is 14.4 Å². The number of hydrogen-bond donors (Lipinski definition) is 4. The molecule has 1 heterocycles. The van der Waals surface area contributed by atoms with Crippen LogP contribution in [0.3, 0.4) is 0 Å². The fraction of sp³-hybridized carbons (Fsp3) is 0.267. The van der Waals surface area contributed by atoms with Crippen molar-refractivity contribution in [2.24, 2.45) is 0 Å². The molecule has 1 aromatic rings. The lowest BCUT2D eigenvalue weighted by Crippen LogP contribution is -2.60. The number of carbonyl (C=O) groups excluding carboxylic acids is 3. The van der Waals surface area contributed by atoms with Gasteiger partial charge in [-0.15, -0.1) is 0 Å². The SMILES string of the molecule is O=C(CNC(=O)c1cc(Cl)ccc1F)NCB1OC(=O)CC(C(=O)O)(C(=O)O)O1. The monoisotopic (exact) mass is 430 g/mol. The highest BCUT2D eigenvalue weighted by molar-refractivity contribution is 6.49. The number of hydrogen-bond acceptors (Lipinski definition) is 7. The zero-order valence-electron chi connectivity index (χ0n) is 14.4. The molecule has 4 N–H and O–H groups in total. The van der Waals surface area contributed by atoms with E-state index in [4.69, 9.17) is 26.5 Å². The van der Waals surface area contributed by atoms with Gasteiger partial charge in [-0.1, -0.05) is 11.6 Å². The standard InChI is InChI=1S/C15H13BClFN2O9/c17-7-1-2-9(18)8(3-7)12(23)19-5-10(21)20-6-16-28-11(22)4-15(29-16,13(24)25)14(26)27/h1-3H,4-6H2,(H,19,23)(H,20,21)(H,24,25)(H,26,27). The highest BCUT2D eigenvalue weighted by Crippen LogP contribution is 2.24. The molecule has 1 aliphatic heterocycles. The van der Waals surface area contributed by atoms with Crippen molar-refractivity contribution in [3.63, 3.8) is 0 Å². The fourth-order valence-corrected chi connectivity index (χ4v) is 2.47. The van der Waals surface area contributed by atoms with E-state index in [1.807, 2.05) is 0 Å². The third kappa shape index (κ3) is 5.21. The van der Waals surface area contributed by atoms with E-state index in [1.165, 1.54) is 6.07 Å². The van der Waals surface area contributed by atoms with Crippen LogP contribution in [0.15, 0.2) is 18.2 Å². The van der Waals surface area contributed by atoms with E-state index in [-0.39, 0.29) is 10.6 Å². The predicted octanol–water partition coefficient (Wildman–Crippen LogP) is -0.776. The molecular formula is C15H13BClFN2O9. The minimum Gasteiger partial charge on any atom is -0.508 e. The van der Waals surface area contributed by atoms with Crippen molar-refractivity contribution < 1.29 is 47.9 Å². The van der Waals surface area contributed by atoms with Crippen LogP contribution in [-0.2, 0) is 28.5 Å². The summed E-state index contributed by atoms with van der Waals surface area (Å²) in [6.45, 7) is -0.617. The van der Waals surface area contributed by atoms with Gasteiger partial charge in [-0.25, -0.2) is 14.0 Å². The van der Waals surface area contributed by atoms with E-state index in [9.17, 15) is 28.4 Å². The summed E-state index contributed by atoms with van der Waals surface area (Å²) in [6.07, 6.45) is -1.64. The molecule has 0 spiro atoms. The summed E-state index contributed by atoms with van der Waals surface area (Å²) in [5.74, 6) is -7.57. The fourth-order valence-electron chi connectivity index (χ4n) is 2.30.